The summed E-state index contributed by atoms with van der Waals surface area (Å²) >= 11 is 0. The van der Waals surface area contributed by atoms with Crippen molar-refractivity contribution in [2.75, 3.05) is 19.0 Å². The Bertz CT molecular complexity index is 698. The molecule has 0 saturated heterocycles. The smallest absolute Gasteiger partial charge is 0.269 e. The number of ether oxygens (including phenoxy) is 1. The third-order valence-corrected chi connectivity index (χ3v) is 3.57. The Morgan fingerprint density at radius 2 is 2.33 bits per heavy atom. The molecule has 1 amide bonds. The molecule has 3 rings (SSSR count). The topological polar surface area (TPSA) is 82.2 Å². The van der Waals surface area contributed by atoms with Crippen molar-refractivity contribution in [1.82, 2.24) is 9.78 Å². The highest BCUT2D eigenvalue weighted by molar-refractivity contribution is 5.91. The van der Waals surface area contributed by atoms with Crippen LogP contribution in [0, 0.1) is 5.82 Å². The number of aromatic nitrogens is 2. The van der Waals surface area contributed by atoms with Crippen LogP contribution in [-0.2, 0) is 0 Å². The number of nitrogens with two attached hydrogens (primary N) is 1. The predicted octanol–water partition coefficient (Wildman–Crippen LogP) is 1.53. The van der Waals surface area contributed by atoms with Crippen LogP contribution < -0.4 is 15.8 Å². The molecule has 0 fully saturated rings. The first-order valence-electron chi connectivity index (χ1n) is 6.57. The van der Waals surface area contributed by atoms with Crippen LogP contribution in [0.2, 0.25) is 0 Å². The summed E-state index contributed by atoms with van der Waals surface area (Å²) in [5.41, 5.74) is 6.22. The molecule has 0 bridgehead atoms. The van der Waals surface area contributed by atoms with Crippen LogP contribution >= 0.6 is 0 Å². The van der Waals surface area contributed by atoms with E-state index < -0.39 is 11.7 Å². The van der Waals surface area contributed by atoms with Gasteiger partial charge in [0.15, 0.2) is 17.3 Å². The first kappa shape index (κ1) is 13.4. The van der Waals surface area contributed by atoms with Gasteiger partial charge in [-0.05, 0) is 24.1 Å². The minimum absolute atomic E-state index is 0.144. The molecule has 1 aliphatic heterocycles. The lowest BCUT2D eigenvalue weighted by Gasteiger charge is -2.26. The summed E-state index contributed by atoms with van der Waals surface area (Å²) in [5.74, 6) is -0.0989. The maximum Gasteiger partial charge on any atom is 0.269 e. The van der Waals surface area contributed by atoms with Crippen molar-refractivity contribution >= 4 is 11.7 Å². The van der Waals surface area contributed by atoms with E-state index in [1.807, 2.05) is 0 Å². The summed E-state index contributed by atoms with van der Waals surface area (Å²) in [5, 5.41) is 7.36. The van der Waals surface area contributed by atoms with Gasteiger partial charge in [-0.1, -0.05) is 6.07 Å². The van der Waals surface area contributed by atoms with Gasteiger partial charge in [0.25, 0.3) is 5.91 Å². The Balaban J connectivity index is 2.01. The van der Waals surface area contributed by atoms with Crippen LogP contribution in [0.3, 0.4) is 0 Å². The van der Waals surface area contributed by atoms with E-state index in [1.165, 1.54) is 13.2 Å². The maximum atomic E-state index is 13.9. The standard InChI is InChI=1S/C14H15FN4O2/c1-21-12-3-2-8(6-9(12)15)11-4-5-17-13-7-10(14(16)20)18-19(11)13/h2-3,6-7,11,17H,4-5H2,1H3,(H2,16,20). The number of nitrogens with one attached hydrogen (secondary N) is 1. The summed E-state index contributed by atoms with van der Waals surface area (Å²) in [6, 6.07) is 6.28. The molecule has 1 atom stereocenters. The Morgan fingerprint density at radius 1 is 1.52 bits per heavy atom. The Kier molecular flexibility index (Phi) is 3.25. The van der Waals surface area contributed by atoms with Gasteiger partial charge in [0.2, 0.25) is 0 Å². The monoisotopic (exact) mass is 290 g/mol. The molecule has 7 heteroatoms. The summed E-state index contributed by atoms with van der Waals surface area (Å²) in [7, 11) is 1.42. The van der Waals surface area contributed by atoms with E-state index in [1.54, 1.807) is 22.9 Å². The van der Waals surface area contributed by atoms with Crippen molar-refractivity contribution < 1.29 is 13.9 Å². The summed E-state index contributed by atoms with van der Waals surface area (Å²) in [6.45, 7) is 0.711. The first-order valence-corrected chi connectivity index (χ1v) is 6.57. The average Bonchev–Trinajstić information content (AvgIpc) is 2.91. The molecule has 0 spiro atoms. The molecule has 6 nitrogen and oxygen atoms in total. The van der Waals surface area contributed by atoms with Crippen LogP contribution in [0.5, 0.6) is 5.75 Å². The van der Waals surface area contributed by atoms with Gasteiger partial charge in [-0.3, -0.25) is 4.79 Å². The highest BCUT2D eigenvalue weighted by Crippen LogP contribution is 2.31. The fraction of sp³-hybridized carbons (Fsp3) is 0.286. The Hall–Kier alpha value is -2.57. The van der Waals surface area contributed by atoms with Crippen LogP contribution in [-0.4, -0.2) is 29.3 Å². The molecule has 3 N–H and O–H groups in total. The lowest BCUT2D eigenvalue weighted by Crippen LogP contribution is -2.24. The van der Waals surface area contributed by atoms with Crippen molar-refractivity contribution in [2.45, 2.75) is 12.5 Å². The number of fused-ring (bicyclic) bond motifs is 1. The number of benzene rings is 1. The number of primary amides is 1. The highest BCUT2D eigenvalue weighted by atomic mass is 19.1. The quantitative estimate of drug-likeness (QED) is 0.898. The molecule has 1 aromatic carbocycles. The van der Waals surface area contributed by atoms with Crippen LogP contribution in [0.1, 0.15) is 28.5 Å². The molecular weight excluding hydrogens is 275 g/mol. The number of carbonyl (C=O) groups excluding carboxylic acids is 1. The van der Waals surface area contributed by atoms with Gasteiger partial charge in [-0.15, -0.1) is 0 Å². The van der Waals surface area contributed by atoms with Crippen molar-refractivity contribution in [1.29, 1.82) is 0 Å². The number of halogens is 1. The van der Waals surface area contributed by atoms with Gasteiger partial charge in [0.1, 0.15) is 5.82 Å². The van der Waals surface area contributed by atoms with E-state index >= 15 is 0 Å². The molecule has 21 heavy (non-hydrogen) atoms. The normalized spacial score (nSPS) is 17.0. The fourth-order valence-electron chi connectivity index (χ4n) is 2.54. The van der Waals surface area contributed by atoms with E-state index in [0.717, 1.165) is 12.0 Å². The summed E-state index contributed by atoms with van der Waals surface area (Å²) < 4.78 is 20.5. The number of amides is 1. The maximum absolute atomic E-state index is 13.9. The third kappa shape index (κ3) is 2.31. The number of hydrogen-bond acceptors (Lipinski definition) is 4. The van der Waals surface area contributed by atoms with Crippen molar-refractivity contribution in [2.24, 2.45) is 5.73 Å². The van der Waals surface area contributed by atoms with E-state index in [-0.39, 0.29) is 17.5 Å². The SMILES string of the molecule is COc1ccc(C2CCNc3cc(C(N)=O)nn32)cc1F. The predicted molar refractivity (Wildman–Crippen MR) is 74.9 cm³/mol. The number of carbonyl (C=O) groups is 1. The second kappa shape index (κ2) is 5.08. The van der Waals surface area contributed by atoms with E-state index in [2.05, 4.69) is 10.4 Å². The van der Waals surface area contributed by atoms with Gasteiger partial charge in [0, 0.05) is 12.6 Å². The van der Waals surface area contributed by atoms with Crippen LogP contribution in [0.4, 0.5) is 10.2 Å². The van der Waals surface area contributed by atoms with Crippen LogP contribution in [0.25, 0.3) is 0 Å². The first-order chi connectivity index (χ1) is 10.1. The molecule has 0 saturated carbocycles. The van der Waals surface area contributed by atoms with Crippen molar-refractivity contribution in [3.05, 3.63) is 41.3 Å². The minimum atomic E-state index is -0.585. The van der Waals surface area contributed by atoms with E-state index in [0.29, 0.717) is 12.4 Å². The second-order valence-electron chi connectivity index (χ2n) is 4.85. The van der Waals surface area contributed by atoms with Gasteiger partial charge in [0.05, 0.1) is 13.2 Å². The third-order valence-electron chi connectivity index (χ3n) is 3.57. The minimum Gasteiger partial charge on any atom is -0.494 e. The molecule has 110 valence electrons. The zero-order valence-corrected chi connectivity index (χ0v) is 11.5. The number of hydrogen-bond donors (Lipinski definition) is 2. The van der Waals surface area contributed by atoms with Gasteiger partial charge >= 0.3 is 0 Å². The second-order valence-corrected chi connectivity index (χ2v) is 4.85. The van der Waals surface area contributed by atoms with Gasteiger partial charge in [-0.2, -0.15) is 5.10 Å². The molecule has 1 unspecified atom stereocenters. The fourth-order valence-corrected chi connectivity index (χ4v) is 2.54. The molecular formula is C14H15FN4O2. The molecule has 0 aliphatic carbocycles. The van der Waals surface area contributed by atoms with Gasteiger partial charge < -0.3 is 15.8 Å². The number of nitrogens with zero attached hydrogens (tertiary/aromatic N) is 2. The summed E-state index contributed by atoms with van der Waals surface area (Å²) in [6.07, 6.45) is 0.735. The average molecular weight is 290 g/mol. The summed E-state index contributed by atoms with van der Waals surface area (Å²) in [4.78, 5) is 11.2. The zero-order chi connectivity index (χ0) is 15.0. The lowest BCUT2D eigenvalue weighted by molar-refractivity contribution is 0.0994. The van der Waals surface area contributed by atoms with Crippen molar-refractivity contribution in [3.8, 4) is 5.75 Å². The Morgan fingerprint density at radius 3 is 3.00 bits per heavy atom. The number of rotatable bonds is 3. The molecule has 2 heterocycles. The largest absolute Gasteiger partial charge is 0.494 e. The highest BCUT2D eigenvalue weighted by Gasteiger charge is 2.25. The van der Waals surface area contributed by atoms with E-state index in [4.69, 9.17) is 10.5 Å². The molecule has 1 aromatic heterocycles. The molecule has 2 aromatic rings. The van der Waals surface area contributed by atoms with Crippen molar-refractivity contribution in [3.63, 3.8) is 0 Å². The Labute approximate surface area is 120 Å². The van der Waals surface area contributed by atoms with Gasteiger partial charge in [-0.25, -0.2) is 9.07 Å². The van der Waals surface area contributed by atoms with E-state index in [9.17, 15) is 9.18 Å². The zero-order valence-electron chi connectivity index (χ0n) is 11.5. The molecule has 0 radical (unpaired) electrons. The lowest BCUT2D eigenvalue weighted by atomic mass is 10.0. The van der Waals surface area contributed by atoms with Crippen LogP contribution in [0.15, 0.2) is 24.3 Å². The molecule has 1 aliphatic rings. The number of anilines is 1. The number of methoxy groups -OCH3 is 1.